The minimum absolute atomic E-state index is 0.0558. The van der Waals surface area contributed by atoms with Crippen LogP contribution in [0.1, 0.15) is 67.3 Å². The first-order valence-electron chi connectivity index (χ1n) is 14.3. The highest BCUT2D eigenvalue weighted by atomic mass is 16.5. The summed E-state index contributed by atoms with van der Waals surface area (Å²) in [5, 5.41) is 3.34. The average Bonchev–Trinajstić information content (AvgIpc) is 3.63. The lowest BCUT2D eigenvalue weighted by Gasteiger charge is -2.42. The lowest BCUT2D eigenvalue weighted by Crippen LogP contribution is -2.57. The summed E-state index contributed by atoms with van der Waals surface area (Å²) in [6.07, 6.45) is 6.57. The SMILES string of the molecule is COc1ccc(CCN2C(=O)C3(CCN(C(=O)[C@@H]4CCCN4)CC3)N(C)C2c2ccc(C3CC3)cc2)cc1. The Kier molecular flexibility index (Phi) is 6.91. The van der Waals surface area contributed by atoms with Gasteiger partial charge in [0.2, 0.25) is 11.8 Å². The summed E-state index contributed by atoms with van der Waals surface area (Å²) in [7, 11) is 3.79. The molecule has 1 unspecified atom stereocenters. The van der Waals surface area contributed by atoms with Crippen LogP contribution in [-0.4, -0.2) is 78.4 Å². The number of nitrogens with zero attached hydrogens (tertiary/aromatic N) is 3. The van der Waals surface area contributed by atoms with E-state index in [1.165, 1.54) is 29.5 Å². The lowest BCUT2D eigenvalue weighted by molar-refractivity contribution is -0.141. The summed E-state index contributed by atoms with van der Waals surface area (Å²) < 4.78 is 5.31. The molecular weight excluding hydrogens is 476 g/mol. The minimum atomic E-state index is -0.570. The number of piperidine rings is 1. The van der Waals surface area contributed by atoms with Crippen molar-refractivity contribution in [1.82, 2.24) is 20.0 Å². The average molecular weight is 517 g/mol. The molecular formula is C31H40N4O3. The number of hydrogen-bond donors (Lipinski definition) is 1. The van der Waals surface area contributed by atoms with Crippen molar-refractivity contribution in [3.8, 4) is 5.75 Å². The molecule has 4 fully saturated rings. The molecule has 2 atom stereocenters. The van der Waals surface area contributed by atoms with Crippen molar-refractivity contribution in [3.63, 3.8) is 0 Å². The smallest absolute Gasteiger partial charge is 0.244 e. The van der Waals surface area contributed by atoms with Crippen LogP contribution in [0.5, 0.6) is 5.75 Å². The van der Waals surface area contributed by atoms with Crippen LogP contribution in [0.4, 0.5) is 0 Å². The number of nitrogens with one attached hydrogen (secondary N) is 1. The standard InChI is InChI=1S/C31H40N4O3/c1-33-28(25-11-9-24(10-12-25)23-7-8-23)35(19-15-22-5-13-26(38-2)14-6-22)30(37)31(33)16-20-34(21-17-31)29(36)27-4-3-18-32-27/h5-6,9-14,23,27-28,32H,3-4,7-8,15-21H2,1-2H3/t27-,28?/m0/s1. The summed E-state index contributed by atoms with van der Waals surface area (Å²) in [5.41, 5.74) is 3.20. The van der Waals surface area contributed by atoms with Crippen LogP contribution in [0.3, 0.4) is 0 Å². The van der Waals surface area contributed by atoms with Gasteiger partial charge < -0.3 is 19.9 Å². The Morgan fingerprint density at radius 1 is 1.00 bits per heavy atom. The van der Waals surface area contributed by atoms with Crippen molar-refractivity contribution in [2.75, 3.05) is 40.3 Å². The fraction of sp³-hybridized carbons (Fsp3) is 0.548. The number of amides is 2. The van der Waals surface area contributed by atoms with Crippen LogP contribution in [0, 0.1) is 0 Å². The van der Waals surface area contributed by atoms with Gasteiger partial charge in [-0.05, 0) is 93.3 Å². The maximum atomic E-state index is 14.3. The number of ether oxygens (including phenoxy) is 1. The number of likely N-dealkylation sites (tertiary alicyclic amines) is 1. The molecule has 2 amide bonds. The molecule has 1 spiro atoms. The molecule has 4 aliphatic rings. The summed E-state index contributed by atoms with van der Waals surface area (Å²) >= 11 is 0. The van der Waals surface area contributed by atoms with Crippen LogP contribution in [-0.2, 0) is 16.0 Å². The summed E-state index contributed by atoms with van der Waals surface area (Å²) in [5.74, 6) is 1.96. The highest BCUT2D eigenvalue weighted by Crippen LogP contribution is 2.46. The molecule has 3 aliphatic heterocycles. The number of carbonyl (C=O) groups excluding carboxylic acids is 2. The van der Waals surface area contributed by atoms with E-state index >= 15 is 0 Å². The monoisotopic (exact) mass is 516 g/mol. The predicted octanol–water partition coefficient (Wildman–Crippen LogP) is 3.70. The number of likely N-dealkylation sites (N-methyl/N-ethyl adjacent to an activating group) is 1. The Morgan fingerprint density at radius 2 is 1.68 bits per heavy atom. The molecule has 2 aromatic carbocycles. The van der Waals surface area contributed by atoms with E-state index in [4.69, 9.17) is 4.74 Å². The number of carbonyl (C=O) groups is 2. The molecule has 1 saturated carbocycles. The molecule has 0 bridgehead atoms. The molecule has 7 nitrogen and oxygen atoms in total. The highest BCUT2D eigenvalue weighted by Gasteiger charge is 2.57. The maximum absolute atomic E-state index is 14.3. The van der Waals surface area contributed by atoms with Gasteiger partial charge in [-0.2, -0.15) is 0 Å². The van der Waals surface area contributed by atoms with Crippen molar-refractivity contribution >= 4 is 11.8 Å². The van der Waals surface area contributed by atoms with Crippen LogP contribution < -0.4 is 10.1 Å². The van der Waals surface area contributed by atoms with Gasteiger partial charge in [-0.3, -0.25) is 14.5 Å². The fourth-order valence-corrected chi connectivity index (χ4v) is 6.78. The summed E-state index contributed by atoms with van der Waals surface area (Å²) in [4.78, 5) is 33.7. The van der Waals surface area contributed by atoms with Gasteiger partial charge in [0.1, 0.15) is 17.5 Å². The molecule has 3 saturated heterocycles. The first-order valence-corrected chi connectivity index (χ1v) is 14.3. The van der Waals surface area contributed by atoms with Crippen LogP contribution >= 0.6 is 0 Å². The zero-order chi connectivity index (χ0) is 26.3. The van der Waals surface area contributed by atoms with E-state index in [1.807, 2.05) is 17.0 Å². The van der Waals surface area contributed by atoms with Crippen molar-refractivity contribution in [3.05, 3.63) is 65.2 Å². The number of benzene rings is 2. The third-order valence-electron chi connectivity index (χ3n) is 9.34. The van der Waals surface area contributed by atoms with Gasteiger partial charge in [0, 0.05) is 19.6 Å². The van der Waals surface area contributed by atoms with Gasteiger partial charge in [0.05, 0.1) is 13.2 Å². The van der Waals surface area contributed by atoms with Gasteiger partial charge in [0.15, 0.2) is 0 Å². The highest BCUT2D eigenvalue weighted by molar-refractivity contribution is 5.90. The van der Waals surface area contributed by atoms with Crippen molar-refractivity contribution in [1.29, 1.82) is 0 Å². The van der Waals surface area contributed by atoms with Gasteiger partial charge in [0.25, 0.3) is 0 Å². The molecule has 6 rings (SSSR count). The van der Waals surface area contributed by atoms with Crippen LogP contribution in [0.25, 0.3) is 0 Å². The van der Waals surface area contributed by atoms with E-state index in [0.717, 1.165) is 31.6 Å². The van der Waals surface area contributed by atoms with Crippen molar-refractivity contribution in [2.45, 2.75) is 68.6 Å². The Balaban J connectivity index is 1.23. The molecule has 202 valence electrons. The van der Waals surface area contributed by atoms with Gasteiger partial charge in [-0.15, -0.1) is 0 Å². The topological polar surface area (TPSA) is 65.1 Å². The Bertz CT molecular complexity index is 1150. The molecule has 2 aromatic rings. The third kappa shape index (κ3) is 4.60. The summed E-state index contributed by atoms with van der Waals surface area (Å²) in [6.45, 7) is 2.83. The second-order valence-corrected chi connectivity index (χ2v) is 11.5. The first-order chi connectivity index (χ1) is 18.5. The fourth-order valence-electron chi connectivity index (χ4n) is 6.78. The van der Waals surface area contributed by atoms with E-state index in [9.17, 15) is 9.59 Å². The van der Waals surface area contributed by atoms with Crippen LogP contribution in [0.2, 0.25) is 0 Å². The molecule has 3 heterocycles. The van der Waals surface area contributed by atoms with E-state index in [2.05, 4.69) is 58.6 Å². The zero-order valence-electron chi connectivity index (χ0n) is 22.7. The third-order valence-corrected chi connectivity index (χ3v) is 9.34. The quantitative estimate of drug-likeness (QED) is 0.608. The maximum Gasteiger partial charge on any atom is 0.244 e. The number of methoxy groups -OCH3 is 1. The largest absolute Gasteiger partial charge is 0.497 e. The van der Waals surface area contributed by atoms with E-state index < -0.39 is 5.54 Å². The Hall–Kier alpha value is -2.90. The van der Waals surface area contributed by atoms with Crippen molar-refractivity contribution < 1.29 is 14.3 Å². The molecule has 7 heteroatoms. The normalized spacial score (nSPS) is 25.4. The molecule has 0 radical (unpaired) electrons. The van der Waals surface area contributed by atoms with Crippen LogP contribution in [0.15, 0.2) is 48.5 Å². The molecule has 1 N–H and O–H groups in total. The first kappa shape index (κ1) is 25.4. The number of hydrogen-bond acceptors (Lipinski definition) is 5. The van der Waals surface area contributed by atoms with Gasteiger partial charge >= 0.3 is 0 Å². The Labute approximate surface area is 226 Å². The zero-order valence-corrected chi connectivity index (χ0v) is 22.7. The molecule has 0 aromatic heterocycles. The summed E-state index contributed by atoms with van der Waals surface area (Å²) in [6, 6.07) is 17.0. The predicted molar refractivity (Wildman–Crippen MR) is 147 cm³/mol. The van der Waals surface area contributed by atoms with E-state index in [0.29, 0.717) is 38.4 Å². The Morgan fingerprint density at radius 3 is 2.29 bits per heavy atom. The molecule has 38 heavy (non-hydrogen) atoms. The van der Waals surface area contributed by atoms with Gasteiger partial charge in [-0.1, -0.05) is 36.4 Å². The number of rotatable bonds is 7. The van der Waals surface area contributed by atoms with Crippen molar-refractivity contribution in [2.24, 2.45) is 0 Å². The second-order valence-electron chi connectivity index (χ2n) is 11.5. The lowest BCUT2D eigenvalue weighted by atomic mass is 9.85. The second kappa shape index (κ2) is 10.3. The van der Waals surface area contributed by atoms with E-state index in [1.54, 1.807) is 7.11 Å². The van der Waals surface area contributed by atoms with Gasteiger partial charge in [-0.25, -0.2) is 0 Å². The molecule has 1 aliphatic carbocycles. The van der Waals surface area contributed by atoms with E-state index in [-0.39, 0.29) is 24.0 Å². The minimum Gasteiger partial charge on any atom is -0.497 e.